The third-order valence-electron chi connectivity index (χ3n) is 2.03. The van der Waals surface area contributed by atoms with E-state index < -0.39 is 0 Å². The van der Waals surface area contributed by atoms with E-state index in [1.165, 1.54) is 36.7 Å². The quantitative estimate of drug-likeness (QED) is 0.623. The second-order valence-corrected chi connectivity index (χ2v) is 3.26. The summed E-state index contributed by atoms with van der Waals surface area (Å²) in [7, 11) is 0. The van der Waals surface area contributed by atoms with Crippen molar-refractivity contribution in [1.82, 2.24) is 5.43 Å². The molecule has 0 saturated carbocycles. The minimum absolute atomic E-state index is 0.112. The summed E-state index contributed by atoms with van der Waals surface area (Å²) in [5, 5.41) is 12.8. The predicted octanol–water partition coefficient (Wildman–Crippen LogP) is 1.75. The molecule has 2 rings (SSSR count). The Morgan fingerprint density at radius 1 is 1.29 bits per heavy atom. The molecule has 5 heteroatoms. The molecule has 0 aliphatic carbocycles. The lowest BCUT2D eigenvalue weighted by molar-refractivity contribution is 0.0955. The average molecular weight is 230 g/mol. The van der Waals surface area contributed by atoms with Crippen LogP contribution in [0.1, 0.15) is 16.1 Å². The van der Waals surface area contributed by atoms with Gasteiger partial charge in [0.1, 0.15) is 11.5 Å². The summed E-state index contributed by atoms with van der Waals surface area (Å²) in [5.41, 5.74) is 2.76. The van der Waals surface area contributed by atoms with Crippen molar-refractivity contribution in [1.29, 1.82) is 0 Å². The molecule has 0 atom stereocenters. The van der Waals surface area contributed by atoms with Gasteiger partial charge in [0.2, 0.25) is 0 Å². The number of carbonyl (C=O) groups is 1. The summed E-state index contributed by atoms with van der Waals surface area (Å²) < 4.78 is 5.00. The van der Waals surface area contributed by atoms with E-state index in [0.717, 1.165) is 0 Å². The number of nitrogens with zero attached hydrogens (tertiary/aromatic N) is 1. The van der Waals surface area contributed by atoms with Crippen molar-refractivity contribution in [3.8, 4) is 5.75 Å². The maximum absolute atomic E-state index is 11.5. The van der Waals surface area contributed by atoms with Crippen molar-refractivity contribution >= 4 is 12.1 Å². The molecule has 5 nitrogen and oxygen atoms in total. The van der Waals surface area contributed by atoms with Crippen LogP contribution >= 0.6 is 0 Å². The number of hydrogen-bond donors (Lipinski definition) is 2. The molecule has 86 valence electrons. The third kappa shape index (κ3) is 2.94. The molecule has 1 aromatic heterocycles. The van der Waals surface area contributed by atoms with Crippen LogP contribution in [-0.4, -0.2) is 17.2 Å². The zero-order chi connectivity index (χ0) is 12.1. The van der Waals surface area contributed by atoms with Crippen molar-refractivity contribution in [2.24, 2.45) is 5.10 Å². The van der Waals surface area contributed by atoms with Crippen molar-refractivity contribution in [3.63, 3.8) is 0 Å². The van der Waals surface area contributed by atoms with Crippen LogP contribution < -0.4 is 5.43 Å². The van der Waals surface area contributed by atoms with Crippen molar-refractivity contribution in [3.05, 3.63) is 54.0 Å². The van der Waals surface area contributed by atoms with E-state index in [1.807, 2.05) is 0 Å². The Labute approximate surface area is 97.4 Å². The van der Waals surface area contributed by atoms with Crippen LogP contribution in [-0.2, 0) is 0 Å². The highest BCUT2D eigenvalue weighted by molar-refractivity contribution is 5.94. The van der Waals surface area contributed by atoms with Crippen molar-refractivity contribution in [2.75, 3.05) is 0 Å². The first-order valence-electron chi connectivity index (χ1n) is 4.91. The van der Waals surface area contributed by atoms with Crippen molar-refractivity contribution < 1.29 is 14.3 Å². The summed E-state index contributed by atoms with van der Waals surface area (Å²) in [4.78, 5) is 11.5. The van der Waals surface area contributed by atoms with Gasteiger partial charge in [0, 0.05) is 5.56 Å². The van der Waals surface area contributed by atoms with Gasteiger partial charge in [-0.1, -0.05) is 0 Å². The first-order valence-corrected chi connectivity index (χ1v) is 4.91. The van der Waals surface area contributed by atoms with Gasteiger partial charge in [-0.25, -0.2) is 5.43 Å². The number of rotatable bonds is 3. The highest BCUT2D eigenvalue weighted by Gasteiger charge is 2.03. The van der Waals surface area contributed by atoms with E-state index in [2.05, 4.69) is 10.5 Å². The molecule has 2 N–H and O–H groups in total. The number of phenols is 1. The standard InChI is InChI=1S/C12H10N2O3/c15-10-5-3-9(4-6-10)12(16)14-13-8-11-2-1-7-17-11/h1-8,15H,(H,14,16)/b13-8+. The average Bonchev–Trinajstić information content (AvgIpc) is 2.83. The van der Waals surface area contributed by atoms with E-state index >= 15 is 0 Å². The fraction of sp³-hybridized carbons (Fsp3) is 0. The van der Waals surface area contributed by atoms with Crippen LogP contribution in [0, 0.1) is 0 Å². The fourth-order valence-electron chi connectivity index (χ4n) is 1.20. The van der Waals surface area contributed by atoms with Gasteiger partial charge in [0.05, 0.1) is 12.5 Å². The molecule has 0 fully saturated rings. The van der Waals surface area contributed by atoms with E-state index in [0.29, 0.717) is 11.3 Å². The third-order valence-corrected chi connectivity index (χ3v) is 2.03. The number of benzene rings is 1. The van der Waals surface area contributed by atoms with E-state index in [-0.39, 0.29) is 11.7 Å². The molecule has 2 aromatic rings. The van der Waals surface area contributed by atoms with E-state index in [1.54, 1.807) is 12.1 Å². The molecule has 1 aromatic carbocycles. The predicted molar refractivity (Wildman–Crippen MR) is 61.9 cm³/mol. The Balaban J connectivity index is 1.96. The maximum atomic E-state index is 11.5. The number of furan rings is 1. The van der Waals surface area contributed by atoms with Gasteiger partial charge in [-0.05, 0) is 36.4 Å². The largest absolute Gasteiger partial charge is 0.508 e. The Morgan fingerprint density at radius 2 is 2.06 bits per heavy atom. The summed E-state index contributed by atoms with van der Waals surface area (Å²) in [6.45, 7) is 0. The molecule has 1 heterocycles. The van der Waals surface area contributed by atoms with E-state index in [4.69, 9.17) is 9.52 Å². The van der Waals surface area contributed by atoms with Crippen LogP contribution in [0.4, 0.5) is 0 Å². The molecular weight excluding hydrogens is 220 g/mol. The molecule has 0 aliphatic heterocycles. The molecule has 0 bridgehead atoms. The molecule has 0 spiro atoms. The molecule has 0 radical (unpaired) electrons. The SMILES string of the molecule is O=C(N/N=C/c1ccco1)c1ccc(O)cc1. The Bertz CT molecular complexity index is 515. The highest BCUT2D eigenvalue weighted by atomic mass is 16.3. The molecule has 17 heavy (non-hydrogen) atoms. The topological polar surface area (TPSA) is 74.8 Å². The number of carbonyl (C=O) groups excluding carboxylic acids is 1. The normalized spacial score (nSPS) is 10.6. The molecule has 1 amide bonds. The van der Waals surface area contributed by atoms with Gasteiger partial charge in [-0.15, -0.1) is 0 Å². The number of amides is 1. The number of nitrogens with one attached hydrogen (secondary N) is 1. The first kappa shape index (κ1) is 10.9. The van der Waals surface area contributed by atoms with Gasteiger partial charge in [-0.3, -0.25) is 4.79 Å². The first-order chi connectivity index (χ1) is 8.25. The number of hydrazone groups is 1. The summed E-state index contributed by atoms with van der Waals surface area (Å²) in [6.07, 6.45) is 2.92. The van der Waals surface area contributed by atoms with Gasteiger partial charge >= 0.3 is 0 Å². The fourth-order valence-corrected chi connectivity index (χ4v) is 1.20. The van der Waals surface area contributed by atoms with Gasteiger partial charge in [-0.2, -0.15) is 5.10 Å². The van der Waals surface area contributed by atoms with Crippen molar-refractivity contribution in [2.45, 2.75) is 0 Å². The zero-order valence-corrected chi connectivity index (χ0v) is 8.83. The Hall–Kier alpha value is -2.56. The molecule has 0 saturated heterocycles. The summed E-state index contributed by atoms with van der Waals surface area (Å²) in [6, 6.07) is 9.33. The number of hydrogen-bond acceptors (Lipinski definition) is 4. The number of aromatic hydroxyl groups is 1. The maximum Gasteiger partial charge on any atom is 0.271 e. The minimum atomic E-state index is -0.354. The van der Waals surface area contributed by atoms with Crippen LogP contribution in [0.3, 0.4) is 0 Å². The van der Waals surface area contributed by atoms with Crippen LogP contribution in [0.5, 0.6) is 5.75 Å². The zero-order valence-electron chi connectivity index (χ0n) is 8.83. The van der Waals surface area contributed by atoms with Gasteiger partial charge in [0.15, 0.2) is 0 Å². The lowest BCUT2D eigenvalue weighted by Gasteiger charge is -1.99. The van der Waals surface area contributed by atoms with Gasteiger partial charge in [0.25, 0.3) is 5.91 Å². The lowest BCUT2D eigenvalue weighted by Crippen LogP contribution is -2.17. The van der Waals surface area contributed by atoms with E-state index in [9.17, 15) is 4.79 Å². The lowest BCUT2D eigenvalue weighted by atomic mass is 10.2. The monoisotopic (exact) mass is 230 g/mol. The second kappa shape index (κ2) is 4.98. The summed E-state index contributed by atoms with van der Waals surface area (Å²) >= 11 is 0. The van der Waals surface area contributed by atoms with Crippen LogP contribution in [0.25, 0.3) is 0 Å². The summed E-state index contributed by atoms with van der Waals surface area (Å²) in [5.74, 6) is 0.310. The molecular formula is C12H10N2O3. The minimum Gasteiger partial charge on any atom is -0.508 e. The molecule has 0 unspecified atom stereocenters. The second-order valence-electron chi connectivity index (χ2n) is 3.26. The number of phenolic OH excluding ortho intramolecular Hbond substituents is 1. The smallest absolute Gasteiger partial charge is 0.271 e. The van der Waals surface area contributed by atoms with Crippen LogP contribution in [0.2, 0.25) is 0 Å². The Morgan fingerprint density at radius 3 is 2.71 bits per heavy atom. The Kier molecular flexibility index (Phi) is 3.20. The van der Waals surface area contributed by atoms with Crippen LogP contribution in [0.15, 0.2) is 52.2 Å². The van der Waals surface area contributed by atoms with Gasteiger partial charge < -0.3 is 9.52 Å². The highest BCUT2D eigenvalue weighted by Crippen LogP contribution is 2.09. The molecule has 0 aliphatic rings.